The molecule has 21 heavy (non-hydrogen) atoms. The third-order valence-corrected chi connectivity index (χ3v) is 5.42. The summed E-state index contributed by atoms with van der Waals surface area (Å²) in [5, 5.41) is 9.13. The molecule has 0 saturated carbocycles. The van der Waals surface area contributed by atoms with Crippen molar-refractivity contribution >= 4 is 32.5 Å². The quantitative estimate of drug-likeness (QED) is 0.900. The van der Waals surface area contributed by atoms with Crippen LogP contribution < -0.4 is 4.72 Å². The lowest BCUT2D eigenvalue weighted by Crippen LogP contribution is -2.14. The maximum Gasteiger partial charge on any atom is 0.340 e. The maximum atomic E-state index is 12.3. The van der Waals surface area contributed by atoms with Gasteiger partial charge in [0.2, 0.25) is 0 Å². The lowest BCUT2D eigenvalue weighted by molar-refractivity contribution is 0.0697. The number of anilines is 1. The van der Waals surface area contributed by atoms with Gasteiger partial charge in [-0.3, -0.25) is 4.72 Å². The largest absolute Gasteiger partial charge is 0.478 e. The zero-order valence-corrected chi connectivity index (χ0v) is 13.3. The van der Waals surface area contributed by atoms with E-state index in [1.807, 2.05) is 13.8 Å². The van der Waals surface area contributed by atoms with E-state index in [2.05, 4.69) is 9.10 Å². The van der Waals surface area contributed by atoms with Crippen LogP contribution in [0.15, 0.2) is 23.1 Å². The third-order valence-electron chi connectivity index (χ3n) is 3.09. The first-order valence-electron chi connectivity index (χ1n) is 6.02. The molecule has 1 heterocycles. The molecule has 0 saturated heterocycles. The molecular weight excluding hydrogens is 312 g/mol. The van der Waals surface area contributed by atoms with E-state index in [0.29, 0.717) is 0 Å². The minimum Gasteiger partial charge on any atom is -0.478 e. The van der Waals surface area contributed by atoms with E-state index in [4.69, 9.17) is 5.11 Å². The fraction of sp³-hybridized carbons (Fsp3) is 0.231. The van der Waals surface area contributed by atoms with E-state index in [1.54, 1.807) is 12.1 Å². The van der Waals surface area contributed by atoms with Crippen LogP contribution in [0.3, 0.4) is 0 Å². The number of hydrogen-bond acceptors (Lipinski definition) is 5. The number of aromatic carboxylic acids is 1. The van der Waals surface area contributed by atoms with Gasteiger partial charge in [0.25, 0.3) is 10.0 Å². The first-order chi connectivity index (χ1) is 9.72. The Morgan fingerprint density at radius 3 is 2.48 bits per heavy atom. The van der Waals surface area contributed by atoms with Crippen LogP contribution in [0, 0.1) is 20.8 Å². The molecule has 0 fully saturated rings. The second-order valence-electron chi connectivity index (χ2n) is 4.63. The van der Waals surface area contributed by atoms with Crippen molar-refractivity contribution in [3.8, 4) is 0 Å². The number of hydrogen-bond donors (Lipinski definition) is 2. The molecule has 112 valence electrons. The number of rotatable bonds is 4. The molecule has 0 aliphatic carbocycles. The Hall–Kier alpha value is -1.93. The predicted molar refractivity (Wildman–Crippen MR) is 80.5 cm³/mol. The van der Waals surface area contributed by atoms with Crippen molar-refractivity contribution in [2.75, 3.05) is 4.72 Å². The molecule has 0 unspecified atom stereocenters. The van der Waals surface area contributed by atoms with Crippen LogP contribution in [0.5, 0.6) is 0 Å². The first kappa shape index (κ1) is 15.5. The number of aromatic nitrogens is 1. The van der Waals surface area contributed by atoms with E-state index in [-0.39, 0.29) is 21.2 Å². The molecule has 1 aromatic carbocycles. The summed E-state index contributed by atoms with van der Waals surface area (Å²) < 4.78 is 30.8. The molecule has 0 radical (unpaired) electrons. The van der Waals surface area contributed by atoms with Crippen LogP contribution in [0.4, 0.5) is 5.00 Å². The van der Waals surface area contributed by atoms with Crippen LogP contribution in [0.2, 0.25) is 0 Å². The topological polar surface area (TPSA) is 96.4 Å². The van der Waals surface area contributed by atoms with Gasteiger partial charge < -0.3 is 5.11 Å². The van der Waals surface area contributed by atoms with E-state index < -0.39 is 16.0 Å². The number of nitrogens with one attached hydrogen (secondary N) is 1. The van der Waals surface area contributed by atoms with Gasteiger partial charge in [0.1, 0.15) is 10.6 Å². The molecule has 6 nitrogen and oxygen atoms in total. The molecule has 2 N–H and O–H groups in total. The molecule has 0 aliphatic rings. The highest BCUT2D eigenvalue weighted by Gasteiger charge is 2.23. The van der Waals surface area contributed by atoms with Gasteiger partial charge >= 0.3 is 5.97 Å². The van der Waals surface area contributed by atoms with E-state index in [9.17, 15) is 13.2 Å². The fourth-order valence-electron chi connectivity index (χ4n) is 1.75. The second-order valence-corrected chi connectivity index (χ2v) is 7.08. The molecule has 0 aliphatic heterocycles. The number of carboxylic acid groups (broad SMARTS) is 1. The molecule has 2 rings (SSSR count). The minimum absolute atomic E-state index is 0.0122. The van der Waals surface area contributed by atoms with Crippen molar-refractivity contribution in [2.45, 2.75) is 25.7 Å². The standard InChI is InChI=1S/C13H14N2O4S2/c1-7-4-5-10(6-8(7)2)21(18,19)15-12-11(13(16)17)9(3)14-20-12/h4-6,15H,1-3H3,(H,16,17). The Balaban J connectivity index is 2.42. The number of sulfonamides is 1. The molecule has 1 aromatic heterocycles. The van der Waals surface area contributed by atoms with Gasteiger partial charge in [-0.15, -0.1) is 0 Å². The van der Waals surface area contributed by atoms with Gasteiger partial charge in [-0.2, -0.15) is 4.37 Å². The molecular formula is C13H14N2O4S2. The number of aryl methyl sites for hydroxylation is 3. The number of carboxylic acids is 1. The van der Waals surface area contributed by atoms with Crippen LogP contribution in [0.1, 0.15) is 27.2 Å². The maximum absolute atomic E-state index is 12.3. The van der Waals surface area contributed by atoms with Crippen LogP contribution in [0.25, 0.3) is 0 Å². The van der Waals surface area contributed by atoms with Gasteiger partial charge in [0, 0.05) is 0 Å². The van der Waals surface area contributed by atoms with E-state index in [0.717, 1.165) is 22.7 Å². The fourth-order valence-corrected chi connectivity index (χ4v) is 3.92. The summed E-state index contributed by atoms with van der Waals surface area (Å²) in [5.41, 5.74) is 1.99. The van der Waals surface area contributed by atoms with Crippen molar-refractivity contribution in [1.29, 1.82) is 0 Å². The van der Waals surface area contributed by atoms with E-state index in [1.165, 1.54) is 13.0 Å². The molecule has 0 atom stereocenters. The molecule has 2 aromatic rings. The lowest BCUT2D eigenvalue weighted by atomic mass is 10.1. The van der Waals surface area contributed by atoms with Crippen molar-refractivity contribution in [3.05, 3.63) is 40.6 Å². The highest BCUT2D eigenvalue weighted by molar-refractivity contribution is 7.93. The summed E-state index contributed by atoms with van der Waals surface area (Å²) in [6.45, 7) is 5.22. The second kappa shape index (κ2) is 5.45. The Morgan fingerprint density at radius 2 is 1.90 bits per heavy atom. The van der Waals surface area contributed by atoms with Crippen molar-refractivity contribution in [3.63, 3.8) is 0 Å². The summed E-state index contributed by atoms with van der Waals surface area (Å²) in [6, 6.07) is 4.74. The summed E-state index contributed by atoms with van der Waals surface area (Å²) in [4.78, 5) is 11.2. The SMILES string of the molecule is Cc1ccc(S(=O)(=O)Nc2snc(C)c2C(=O)O)cc1C. The monoisotopic (exact) mass is 326 g/mol. The van der Waals surface area contributed by atoms with Crippen LogP contribution in [-0.4, -0.2) is 23.9 Å². The van der Waals surface area contributed by atoms with Gasteiger partial charge in [0.15, 0.2) is 0 Å². The van der Waals surface area contributed by atoms with Crippen molar-refractivity contribution in [2.24, 2.45) is 0 Å². The molecule has 0 amide bonds. The minimum atomic E-state index is -3.84. The zero-order chi connectivity index (χ0) is 15.8. The van der Waals surface area contributed by atoms with E-state index >= 15 is 0 Å². The molecule has 8 heteroatoms. The van der Waals surface area contributed by atoms with Crippen molar-refractivity contribution in [1.82, 2.24) is 4.37 Å². The Morgan fingerprint density at radius 1 is 1.24 bits per heavy atom. The Kier molecular flexibility index (Phi) is 4.02. The molecule has 0 bridgehead atoms. The number of nitrogens with zero attached hydrogens (tertiary/aromatic N) is 1. The number of benzene rings is 1. The zero-order valence-electron chi connectivity index (χ0n) is 11.7. The summed E-state index contributed by atoms with van der Waals surface area (Å²) in [5.74, 6) is -1.21. The summed E-state index contributed by atoms with van der Waals surface area (Å²) >= 11 is 0.812. The number of carbonyl (C=O) groups is 1. The normalized spacial score (nSPS) is 11.4. The van der Waals surface area contributed by atoms with Gasteiger partial charge in [-0.1, -0.05) is 6.07 Å². The summed E-state index contributed by atoms with van der Waals surface area (Å²) in [7, 11) is -3.84. The average molecular weight is 326 g/mol. The lowest BCUT2D eigenvalue weighted by Gasteiger charge is -2.08. The first-order valence-corrected chi connectivity index (χ1v) is 8.27. The van der Waals surface area contributed by atoms with Crippen molar-refractivity contribution < 1.29 is 18.3 Å². The predicted octanol–water partition coefficient (Wildman–Crippen LogP) is 2.57. The summed E-state index contributed by atoms with van der Waals surface area (Å²) in [6.07, 6.45) is 0. The highest BCUT2D eigenvalue weighted by atomic mass is 32.2. The van der Waals surface area contributed by atoms with Gasteiger partial charge in [0.05, 0.1) is 10.6 Å². The Bertz CT molecular complexity index is 810. The third kappa shape index (κ3) is 3.06. The van der Waals surface area contributed by atoms with Crippen LogP contribution in [-0.2, 0) is 10.0 Å². The smallest absolute Gasteiger partial charge is 0.340 e. The van der Waals surface area contributed by atoms with Crippen LogP contribution >= 0.6 is 11.5 Å². The van der Waals surface area contributed by atoms with Gasteiger partial charge in [-0.25, -0.2) is 13.2 Å². The highest BCUT2D eigenvalue weighted by Crippen LogP contribution is 2.27. The van der Waals surface area contributed by atoms with Gasteiger partial charge in [-0.05, 0) is 55.6 Å². The molecule has 0 spiro atoms. The average Bonchev–Trinajstić information content (AvgIpc) is 2.73. The Labute approximate surface area is 126 Å².